The van der Waals surface area contributed by atoms with Crippen LogP contribution in [0.25, 0.3) is 0 Å². The van der Waals surface area contributed by atoms with Gasteiger partial charge in [0.05, 0.1) is 0 Å². The van der Waals surface area contributed by atoms with Gasteiger partial charge in [-0.1, -0.05) is 81.3 Å². The Kier molecular flexibility index (Phi) is 5.73. The van der Waals surface area contributed by atoms with E-state index in [1.54, 1.807) is 11.1 Å². The molecule has 2 aromatic rings. The molecule has 24 heavy (non-hydrogen) atoms. The number of fused-ring (bicyclic) bond motifs is 1. The van der Waals surface area contributed by atoms with Gasteiger partial charge in [0.2, 0.25) is 0 Å². The summed E-state index contributed by atoms with van der Waals surface area (Å²) in [5.74, 6) is 0.649. The summed E-state index contributed by atoms with van der Waals surface area (Å²) in [6.45, 7) is 5.66. The zero-order chi connectivity index (χ0) is 16.8. The number of benzene rings is 2. The molecule has 2 aromatic carbocycles. The lowest BCUT2D eigenvalue weighted by Gasteiger charge is -2.41. The van der Waals surface area contributed by atoms with E-state index in [0.29, 0.717) is 5.92 Å². The van der Waals surface area contributed by atoms with Crippen LogP contribution in [-0.2, 0) is 18.4 Å². The lowest BCUT2D eigenvalue weighted by atomic mass is 9.73. The molecule has 1 nitrogen and oxygen atoms in total. The topological polar surface area (TPSA) is 12.0 Å². The van der Waals surface area contributed by atoms with Gasteiger partial charge in [-0.05, 0) is 54.8 Å². The predicted octanol–water partition coefficient (Wildman–Crippen LogP) is 5.49. The molecule has 3 rings (SSSR count). The maximum atomic E-state index is 4.01. The van der Waals surface area contributed by atoms with Gasteiger partial charge in [0.1, 0.15) is 0 Å². The number of unbranched alkanes of at least 4 members (excludes halogenated alkanes) is 1. The van der Waals surface area contributed by atoms with Crippen LogP contribution in [0.5, 0.6) is 0 Å². The Morgan fingerprint density at radius 3 is 2.08 bits per heavy atom. The van der Waals surface area contributed by atoms with Gasteiger partial charge >= 0.3 is 0 Å². The van der Waals surface area contributed by atoms with E-state index in [9.17, 15) is 0 Å². The van der Waals surface area contributed by atoms with Crippen molar-refractivity contribution in [1.82, 2.24) is 5.32 Å². The average molecular weight is 322 g/mol. The molecule has 1 unspecified atom stereocenters. The Balaban J connectivity index is 1.97. The molecular formula is C23H31N. The Labute approximate surface area is 147 Å². The monoisotopic (exact) mass is 321 g/mol. The Hall–Kier alpha value is -1.60. The van der Waals surface area contributed by atoms with Crippen LogP contribution in [0, 0.1) is 5.92 Å². The summed E-state index contributed by atoms with van der Waals surface area (Å²) in [6, 6.07) is 20.2. The van der Waals surface area contributed by atoms with Crippen molar-refractivity contribution in [2.45, 2.75) is 57.9 Å². The van der Waals surface area contributed by atoms with Crippen LogP contribution in [0.15, 0.2) is 54.6 Å². The van der Waals surface area contributed by atoms with Crippen molar-refractivity contribution in [1.29, 1.82) is 0 Å². The fourth-order valence-corrected chi connectivity index (χ4v) is 4.37. The number of nitrogens with one attached hydrogen (secondary N) is 1. The highest BCUT2D eigenvalue weighted by atomic mass is 15.0. The van der Waals surface area contributed by atoms with E-state index in [1.807, 2.05) is 0 Å². The van der Waals surface area contributed by atoms with Crippen molar-refractivity contribution in [2.24, 2.45) is 5.92 Å². The third-order valence-electron chi connectivity index (χ3n) is 5.65. The number of rotatable bonds is 8. The molecule has 0 amide bonds. The fraction of sp³-hybridized carbons (Fsp3) is 0.478. The first-order valence-corrected chi connectivity index (χ1v) is 9.67. The third-order valence-corrected chi connectivity index (χ3v) is 5.65. The smallest absolute Gasteiger partial charge is 0.0469 e. The highest BCUT2D eigenvalue weighted by Gasteiger charge is 2.41. The van der Waals surface area contributed by atoms with Crippen molar-refractivity contribution in [3.05, 3.63) is 71.3 Å². The second kappa shape index (κ2) is 7.98. The molecule has 1 atom stereocenters. The van der Waals surface area contributed by atoms with Gasteiger partial charge in [-0.3, -0.25) is 0 Å². The summed E-state index contributed by atoms with van der Waals surface area (Å²) < 4.78 is 0. The molecule has 0 fully saturated rings. The maximum absolute atomic E-state index is 4.01. The van der Waals surface area contributed by atoms with Gasteiger partial charge in [0.15, 0.2) is 0 Å². The van der Waals surface area contributed by atoms with Crippen molar-refractivity contribution in [3.8, 4) is 0 Å². The zero-order valence-corrected chi connectivity index (χ0v) is 15.2. The van der Waals surface area contributed by atoms with E-state index in [4.69, 9.17) is 0 Å². The van der Waals surface area contributed by atoms with Crippen molar-refractivity contribution in [2.75, 3.05) is 6.54 Å². The van der Waals surface area contributed by atoms with Gasteiger partial charge in [0.25, 0.3) is 0 Å². The first-order chi connectivity index (χ1) is 11.8. The third kappa shape index (κ3) is 3.42. The minimum atomic E-state index is 0.103. The van der Waals surface area contributed by atoms with Crippen molar-refractivity contribution in [3.63, 3.8) is 0 Å². The number of hydrogen-bond donors (Lipinski definition) is 1. The lowest BCUT2D eigenvalue weighted by Crippen LogP contribution is -2.49. The van der Waals surface area contributed by atoms with Crippen LogP contribution in [0.3, 0.4) is 0 Å². The van der Waals surface area contributed by atoms with E-state index >= 15 is 0 Å². The van der Waals surface area contributed by atoms with Gasteiger partial charge in [-0.2, -0.15) is 0 Å². The molecule has 1 heteroatoms. The van der Waals surface area contributed by atoms with Crippen molar-refractivity contribution >= 4 is 0 Å². The van der Waals surface area contributed by atoms with Gasteiger partial charge in [0, 0.05) is 5.54 Å². The second-order valence-electron chi connectivity index (χ2n) is 7.24. The normalized spacial score (nSPS) is 16.8. The molecule has 128 valence electrons. The van der Waals surface area contributed by atoms with E-state index in [1.165, 1.54) is 44.1 Å². The summed E-state index contributed by atoms with van der Waals surface area (Å²) in [5, 5.41) is 4.01. The molecule has 0 bridgehead atoms. The summed E-state index contributed by atoms with van der Waals surface area (Å²) in [7, 11) is 0. The Bertz CT molecular complexity index is 598. The van der Waals surface area contributed by atoms with Crippen LogP contribution in [0.2, 0.25) is 0 Å². The molecule has 0 heterocycles. The molecule has 0 saturated carbocycles. The van der Waals surface area contributed by atoms with Crippen molar-refractivity contribution < 1.29 is 0 Å². The van der Waals surface area contributed by atoms with Gasteiger partial charge in [-0.25, -0.2) is 0 Å². The minimum Gasteiger partial charge on any atom is -0.307 e. The Morgan fingerprint density at radius 2 is 1.50 bits per heavy atom. The lowest BCUT2D eigenvalue weighted by molar-refractivity contribution is 0.192. The molecule has 0 saturated heterocycles. The van der Waals surface area contributed by atoms with E-state index in [0.717, 1.165) is 6.54 Å². The summed E-state index contributed by atoms with van der Waals surface area (Å²) in [6.07, 6.45) is 7.34. The first-order valence-electron chi connectivity index (χ1n) is 9.67. The molecule has 1 N–H and O–H groups in total. The second-order valence-corrected chi connectivity index (χ2v) is 7.24. The molecule has 1 aliphatic rings. The quantitative estimate of drug-likeness (QED) is 0.678. The first kappa shape index (κ1) is 17.2. The molecule has 0 aliphatic heterocycles. The average Bonchev–Trinajstić information content (AvgIpc) is 3.07. The van der Waals surface area contributed by atoms with Crippen LogP contribution >= 0.6 is 0 Å². The highest BCUT2D eigenvalue weighted by molar-refractivity contribution is 5.36. The standard InChI is InChI=1S/C23H31N/c1-3-5-15-23(24-16-4-2,21-13-7-6-8-14-21)22-17-19-11-9-10-12-20(19)18-22/h6-14,22,24H,3-5,15-18H2,1-2H3. The van der Waals surface area contributed by atoms with Crippen LogP contribution in [0.1, 0.15) is 56.2 Å². The molecule has 0 radical (unpaired) electrons. The summed E-state index contributed by atoms with van der Waals surface area (Å²) in [4.78, 5) is 0. The zero-order valence-electron chi connectivity index (χ0n) is 15.2. The highest BCUT2D eigenvalue weighted by Crippen LogP contribution is 2.42. The SMILES string of the molecule is CCCCC(NCCC)(c1ccccc1)C1Cc2ccccc2C1. The van der Waals surface area contributed by atoms with Crippen LogP contribution < -0.4 is 5.32 Å². The predicted molar refractivity (Wildman–Crippen MR) is 103 cm³/mol. The molecule has 0 aromatic heterocycles. The fourth-order valence-electron chi connectivity index (χ4n) is 4.37. The molecular weight excluding hydrogens is 290 g/mol. The van der Waals surface area contributed by atoms with E-state index in [-0.39, 0.29) is 5.54 Å². The van der Waals surface area contributed by atoms with Crippen LogP contribution in [0.4, 0.5) is 0 Å². The molecule has 1 aliphatic carbocycles. The van der Waals surface area contributed by atoms with E-state index < -0.39 is 0 Å². The Morgan fingerprint density at radius 1 is 0.875 bits per heavy atom. The van der Waals surface area contributed by atoms with Crippen LogP contribution in [-0.4, -0.2) is 6.54 Å². The molecule has 0 spiro atoms. The van der Waals surface area contributed by atoms with Gasteiger partial charge in [-0.15, -0.1) is 0 Å². The summed E-state index contributed by atoms with van der Waals surface area (Å²) in [5.41, 5.74) is 4.69. The maximum Gasteiger partial charge on any atom is 0.0469 e. The largest absolute Gasteiger partial charge is 0.307 e. The van der Waals surface area contributed by atoms with Gasteiger partial charge < -0.3 is 5.32 Å². The minimum absolute atomic E-state index is 0.103. The van der Waals surface area contributed by atoms with E-state index in [2.05, 4.69) is 73.8 Å². The summed E-state index contributed by atoms with van der Waals surface area (Å²) >= 11 is 0. The number of hydrogen-bond acceptors (Lipinski definition) is 1.